The zero-order valence-electron chi connectivity index (χ0n) is 11.4. The summed E-state index contributed by atoms with van der Waals surface area (Å²) in [6.07, 6.45) is 0. The fourth-order valence-corrected chi connectivity index (χ4v) is 2.32. The quantitative estimate of drug-likeness (QED) is 0.912. The monoisotopic (exact) mass is 275 g/mol. The summed E-state index contributed by atoms with van der Waals surface area (Å²) in [6, 6.07) is 14.3. The maximum absolute atomic E-state index is 5.93. The highest BCUT2D eigenvalue weighted by Crippen LogP contribution is 2.27. The first-order chi connectivity index (χ1) is 9.15. The van der Waals surface area contributed by atoms with Crippen molar-refractivity contribution in [2.45, 2.75) is 13.0 Å². The van der Waals surface area contributed by atoms with E-state index < -0.39 is 0 Å². The van der Waals surface area contributed by atoms with E-state index in [-0.39, 0.29) is 6.04 Å². The first kappa shape index (κ1) is 13.9. The molecule has 1 N–H and O–H groups in total. The highest BCUT2D eigenvalue weighted by Gasteiger charge is 2.13. The van der Waals surface area contributed by atoms with Gasteiger partial charge in [-0.2, -0.15) is 0 Å². The SMILES string of the molecule is CNC(c1ccc(Cl)cc1)c1ccc(C)c(OC)c1. The molecule has 1 unspecified atom stereocenters. The largest absolute Gasteiger partial charge is 0.496 e. The van der Waals surface area contributed by atoms with E-state index in [2.05, 4.69) is 23.5 Å². The van der Waals surface area contributed by atoms with Crippen LogP contribution in [0.1, 0.15) is 22.7 Å². The molecule has 0 amide bonds. The van der Waals surface area contributed by atoms with Gasteiger partial charge in [0.15, 0.2) is 0 Å². The van der Waals surface area contributed by atoms with Gasteiger partial charge in [-0.3, -0.25) is 0 Å². The van der Waals surface area contributed by atoms with Crippen LogP contribution in [0.25, 0.3) is 0 Å². The van der Waals surface area contributed by atoms with Crippen LogP contribution >= 0.6 is 11.6 Å². The molecule has 2 aromatic rings. The van der Waals surface area contributed by atoms with Crippen molar-refractivity contribution in [2.24, 2.45) is 0 Å². The molecule has 100 valence electrons. The van der Waals surface area contributed by atoms with Crippen LogP contribution in [-0.2, 0) is 0 Å². The Morgan fingerprint density at radius 3 is 2.26 bits per heavy atom. The van der Waals surface area contributed by atoms with Crippen LogP contribution in [0.5, 0.6) is 5.75 Å². The van der Waals surface area contributed by atoms with E-state index >= 15 is 0 Å². The molecule has 0 heterocycles. The van der Waals surface area contributed by atoms with Crippen LogP contribution in [-0.4, -0.2) is 14.2 Å². The van der Waals surface area contributed by atoms with Crippen molar-refractivity contribution in [2.75, 3.05) is 14.2 Å². The Balaban J connectivity index is 2.39. The Bertz CT molecular complexity index is 551. The number of ether oxygens (including phenoxy) is 1. The van der Waals surface area contributed by atoms with Crippen LogP contribution in [0.2, 0.25) is 5.02 Å². The molecule has 2 nitrogen and oxygen atoms in total. The van der Waals surface area contributed by atoms with Gasteiger partial charge in [0.2, 0.25) is 0 Å². The van der Waals surface area contributed by atoms with E-state index in [1.165, 1.54) is 11.1 Å². The average Bonchev–Trinajstić information content (AvgIpc) is 2.43. The van der Waals surface area contributed by atoms with Crippen molar-refractivity contribution in [3.05, 3.63) is 64.2 Å². The van der Waals surface area contributed by atoms with Gasteiger partial charge in [-0.05, 0) is 48.9 Å². The van der Waals surface area contributed by atoms with E-state index in [1.54, 1.807) is 7.11 Å². The predicted octanol–water partition coefficient (Wildman–Crippen LogP) is 3.97. The highest BCUT2D eigenvalue weighted by atomic mass is 35.5. The molecular formula is C16H18ClNO. The maximum Gasteiger partial charge on any atom is 0.122 e. The van der Waals surface area contributed by atoms with Crippen LogP contribution in [0.4, 0.5) is 0 Å². The minimum atomic E-state index is 0.131. The summed E-state index contributed by atoms with van der Waals surface area (Å²) in [4.78, 5) is 0. The average molecular weight is 276 g/mol. The lowest BCUT2D eigenvalue weighted by atomic mass is 9.97. The van der Waals surface area contributed by atoms with Gasteiger partial charge in [-0.25, -0.2) is 0 Å². The predicted molar refractivity (Wildman–Crippen MR) is 80.1 cm³/mol. The molecule has 0 fully saturated rings. The number of halogens is 1. The van der Waals surface area contributed by atoms with Crippen LogP contribution in [0.3, 0.4) is 0 Å². The first-order valence-corrected chi connectivity index (χ1v) is 6.60. The van der Waals surface area contributed by atoms with Crippen molar-refractivity contribution < 1.29 is 4.74 Å². The molecule has 0 aliphatic rings. The molecular weight excluding hydrogens is 258 g/mol. The molecule has 0 aliphatic heterocycles. The minimum absolute atomic E-state index is 0.131. The number of benzene rings is 2. The summed E-state index contributed by atoms with van der Waals surface area (Å²) in [6.45, 7) is 2.04. The summed E-state index contributed by atoms with van der Waals surface area (Å²) in [5.74, 6) is 0.909. The highest BCUT2D eigenvalue weighted by molar-refractivity contribution is 6.30. The van der Waals surface area contributed by atoms with Crippen LogP contribution < -0.4 is 10.1 Å². The smallest absolute Gasteiger partial charge is 0.122 e. The molecule has 2 aromatic carbocycles. The molecule has 0 radical (unpaired) electrons. The second-order valence-electron chi connectivity index (χ2n) is 4.50. The number of methoxy groups -OCH3 is 1. The Kier molecular flexibility index (Phi) is 4.46. The van der Waals surface area contributed by atoms with Crippen LogP contribution in [0, 0.1) is 6.92 Å². The lowest BCUT2D eigenvalue weighted by molar-refractivity contribution is 0.410. The van der Waals surface area contributed by atoms with E-state index in [0.717, 1.165) is 16.3 Å². The van der Waals surface area contributed by atoms with Gasteiger partial charge in [0, 0.05) is 5.02 Å². The second kappa shape index (κ2) is 6.09. The zero-order valence-corrected chi connectivity index (χ0v) is 12.2. The number of hydrogen-bond donors (Lipinski definition) is 1. The van der Waals surface area contributed by atoms with Gasteiger partial charge in [0.25, 0.3) is 0 Å². The Morgan fingerprint density at radius 1 is 1.05 bits per heavy atom. The van der Waals surface area contributed by atoms with Crippen molar-refractivity contribution in [3.63, 3.8) is 0 Å². The summed E-state index contributed by atoms with van der Waals surface area (Å²) in [5, 5.41) is 4.08. The molecule has 19 heavy (non-hydrogen) atoms. The molecule has 2 rings (SSSR count). The Morgan fingerprint density at radius 2 is 1.68 bits per heavy atom. The topological polar surface area (TPSA) is 21.3 Å². The Labute approximate surface area is 119 Å². The zero-order chi connectivity index (χ0) is 13.8. The van der Waals surface area contributed by atoms with Crippen molar-refractivity contribution in [1.82, 2.24) is 5.32 Å². The van der Waals surface area contributed by atoms with E-state index in [0.29, 0.717) is 0 Å². The fourth-order valence-electron chi connectivity index (χ4n) is 2.20. The number of rotatable bonds is 4. The standard InChI is InChI=1S/C16H18ClNO/c1-11-4-5-13(10-15(11)19-3)16(18-2)12-6-8-14(17)9-7-12/h4-10,16,18H,1-3H3. The molecule has 3 heteroatoms. The van der Waals surface area contributed by atoms with Crippen molar-refractivity contribution in [3.8, 4) is 5.75 Å². The lowest BCUT2D eigenvalue weighted by Crippen LogP contribution is -2.17. The van der Waals surface area contributed by atoms with Gasteiger partial charge in [0.1, 0.15) is 5.75 Å². The van der Waals surface area contributed by atoms with Crippen LogP contribution in [0.15, 0.2) is 42.5 Å². The van der Waals surface area contributed by atoms with Crippen molar-refractivity contribution in [1.29, 1.82) is 0 Å². The van der Waals surface area contributed by atoms with E-state index in [9.17, 15) is 0 Å². The molecule has 0 aliphatic carbocycles. The number of aryl methyl sites for hydroxylation is 1. The van der Waals surface area contributed by atoms with Gasteiger partial charge in [0.05, 0.1) is 13.2 Å². The summed E-state index contributed by atoms with van der Waals surface area (Å²) >= 11 is 5.93. The summed E-state index contributed by atoms with van der Waals surface area (Å²) in [5.41, 5.74) is 3.49. The fraction of sp³-hybridized carbons (Fsp3) is 0.250. The summed E-state index contributed by atoms with van der Waals surface area (Å²) in [7, 11) is 3.65. The second-order valence-corrected chi connectivity index (χ2v) is 4.94. The van der Waals surface area contributed by atoms with Gasteiger partial charge >= 0.3 is 0 Å². The lowest BCUT2D eigenvalue weighted by Gasteiger charge is -2.18. The van der Waals surface area contributed by atoms with Gasteiger partial charge in [-0.1, -0.05) is 35.9 Å². The molecule has 0 spiro atoms. The molecule has 1 atom stereocenters. The van der Waals surface area contributed by atoms with Crippen molar-refractivity contribution >= 4 is 11.6 Å². The molecule has 0 bridgehead atoms. The number of nitrogens with one attached hydrogen (secondary N) is 1. The maximum atomic E-state index is 5.93. The first-order valence-electron chi connectivity index (χ1n) is 6.23. The minimum Gasteiger partial charge on any atom is -0.496 e. The van der Waals surface area contributed by atoms with Gasteiger partial charge < -0.3 is 10.1 Å². The third kappa shape index (κ3) is 3.09. The summed E-state index contributed by atoms with van der Waals surface area (Å²) < 4.78 is 5.39. The van der Waals surface area contributed by atoms with Gasteiger partial charge in [-0.15, -0.1) is 0 Å². The Hall–Kier alpha value is -1.51. The molecule has 0 saturated carbocycles. The third-order valence-electron chi connectivity index (χ3n) is 3.26. The molecule has 0 aromatic heterocycles. The van der Waals surface area contributed by atoms with E-state index in [4.69, 9.17) is 16.3 Å². The van der Waals surface area contributed by atoms with E-state index in [1.807, 2.05) is 38.2 Å². The number of hydrogen-bond acceptors (Lipinski definition) is 2. The normalized spacial score (nSPS) is 12.2. The third-order valence-corrected chi connectivity index (χ3v) is 3.51. The molecule has 0 saturated heterocycles.